The minimum atomic E-state index is 0.259. The van der Waals surface area contributed by atoms with Crippen LogP contribution in [-0.4, -0.2) is 12.3 Å². The molecule has 0 aliphatic heterocycles. The molecule has 21 heavy (non-hydrogen) atoms. The van der Waals surface area contributed by atoms with Crippen LogP contribution in [0.4, 0.5) is 0 Å². The van der Waals surface area contributed by atoms with Gasteiger partial charge in [-0.25, -0.2) is 0 Å². The van der Waals surface area contributed by atoms with Gasteiger partial charge in [-0.15, -0.1) is 11.8 Å². The summed E-state index contributed by atoms with van der Waals surface area (Å²) in [6.45, 7) is 5.17. The first kappa shape index (κ1) is 16.7. The van der Waals surface area contributed by atoms with Gasteiger partial charge in [0, 0.05) is 16.7 Å². The van der Waals surface area contributed by atoms with Gasteiger partial charge in [0.1, 0.15) is 0 Å². The molecular weight excluding hydrogens is 321 g/mol. The van der Waals surface area contributed by atoms with Gasteiger partial charge in [0.15, 0.2) is 0 Å². The third kappa shape index (κ3) is 4.65. The van der Waals surface area contributed by atoms with Crippen molar-refractivity contribution < 1.29 is 0 Å². The molecule has 2 aromatic carbocycles. The monoisotopic (exact) mass is 339 g/mol. The van der Waals surface area contributed by atoms with E-state index in [1.54, 1.807) is 0 Å². The van der Waals surface area contributed by atoms with Gasteiger partial charge in [-0.3, -0.25) is 0 Å². The molecule has 112 valence electrons. The third-order valence-corrected chi connectivity index (χ3v) is 5.30. The van der Waals surface area contributed by atoms with Crippen LogP contribution >= 0.6 is 35.0 Å². The summed E-state index contributed by atoms with van der Waals surface area (Å²) in [6.07, 6.45) is 0. The van der Waals surface area contributed by atoms with Crippen molar-refractivity contribution in [2.45, 2.75) is 24.8 Å². The van der Waals surface area contributed by atoms with Crippen LogP contribution in [0.5, 0.6) is 0 Å². The van der Waals surface area contributed by atoms with Crippen molar-refractivity contribution in [2.24, 2.45) is 0 Å². The predicted molar refractivity (Wildman–Crippen MR) is 94.8 cm³/mol. The molecule has 0 fully saturated rings. The van der Waals surface area contributed by atoms with Crippen LogP contribution in [0.15, 0.2) is 47.4 Å². The van der Waals surface area contributed by atoms with Crippen LogP contribution in [0.1, 0.15) is 24.1 Å². The van der Waals surface area contributed by atoms with Crippen molar-refractivity contribution in [3.63, 3.8) is 0 Å². The van der Waals surface area contributed by atoms with Crippen molar-refractivity contribution in [3.05, 3.63) is 63.6 Å². The highest BCUT2D eigenvalue weighted by Gasteiger charge is 2.13. The molecule has 1 nitrogen and oxygen atoms in total. The summed E-state index contributed by atoms with van der Waals surface area (Å²) in [6, 6.07) is 14.6. The Labute approximate surface area is 141 Å². The quantitative estimate of drug-likeness (QED) is 0.673. The van der Waals surface area contributed by atoms with Crippen LogP contribution in [0.2, 0.25) is 10.0 Å². The van der Waals surface area contributed by atoms with Gasteiger partial charge in [0.25, 0.3) is 0 Å². The molecule has 2 aromatic rings. The van der Waals surface area contributed by atoms with Gasteiger partial charge in [0.05, 0.1) is 10.0 Å². The van der Waals surface area contributed by atoms with Crippen molar-refractivity contribution in [1.29, 1.82) is 0 Å². The summed E-state index contributed by atoms with van der Waals surface area (Å²) in [4.78, 5) is 1.32. The lowest BCUT2D eigenvalue weighted by molar-refractivity contribution is 0.606. The van der Waals surface area contributed by atoms with E-state index in [-0.39, 0.29) is 6.04 Å². The molecule has 0 aliphatic carbocycles. The first-order chi connectivity index (χ1) is 10.1. The molecule has 0 amide bonds. The van der Waals surface area contributed by atoms with E-state index in [2.05, 4.69) is 43.4 Å². The standard InChI is InChI=1S/C17H19Cl2NS/c1-3-20-16(13-8-9-14(18)15(19)10-13)11-21-17-7-5-4-6-12(17)2/h4-10,16,20H,3,11H2,1-2H3. The zero-order valence-corrected chi connectivity index (χ0v) is 14.5. The zero-order chi connectivity index (χ0) is 15.2. The topological polar surface area (TPSA) is 12.0 Å². The van der Waals surface area contributed by atoms with Gasteiger partial charge in [0.2, 0.25) is 0 Å². The summed E-state index contributed by atoms with van der Waals surface area (Å²) < 4.78 is 0. The second-order valence-corrected chi connectivity index (χ2v) is 6.74. The molecule has 2 rings (SSSR count). The SMILES string of the molecule is CCNC(CSc1ccccc1C)c1ccc(Cl)c(Cl)c1. The number of benzene rings is 2. The van der Waals surface area contributed by atoms with Crippen LogP contribution in [-0.2, 0) is 0 Å². The first-order valence-electron chi connectivity index (χ1n) is 6.98. The number of hydrogen-bond acceptors (Lipinski definition) is 2. The maximum absolute atomic E-state index is 6.13. The lowest BCUT2D eigenvalue weighted by Gasteiger charge is -2.19. The average Bonchev–Trinajstić information content (AvgIpc) is 2.48. The molecule has 4 heteroatoms. The van der Waals surface area contributed by atoms with Crippen LogP contribution in [0, 0.1) is 6.92 Å². The predicted octanol–water partition coefficient (Wildman–Crippen LogP) is 5.74. The van der Waals surface area contributed by atoms with Gasteiger partial charge in [-0.1, -0.05) is 54.4 Å². The Morgan fingerprint density at radius 3 is 2.52 bits per heavy atom. The summed E-state index contributed by atoms with van der Waals surface area (Å²) in [5, 5.41) is 4.72. The first-order valence-corrected chi connectivity index (χ1v) is 8.72. The summed E-state index contributed by atoms with van der Waals surface area (Å²) in [5.74, 6) is 0.955. The lowest BCUT2D eigenvalue weighted by atomic mass is 10.1. The van der Waals surface area contributed by atoms with E-state index in [0.717, 1.165) is 12.3 Å². The highest BCUT2D eigenvalue weighted by Crippen LogP contribution is 2.30. The molecule has 0 saturated carbocycles. The van der Waals surface area contributed by atoms with E-state index in [0.29, 0.717) is 10.0 Å². The number of halogens is 2. The molecule has 0 saturated heterocycles. The Kier molecular flexibility index (Phi) is 6.43. The van der Waals surface area contributed by atoms with Crippen molar-refractivity contribution in [3.8, 4) is 0 Å². The van der Waals surface area contributed by atoms with Crippen molar-refractivity contribution in [2.75, 3.05) is 12.3 Å². The summed E-state index contributed by atoms with van der Waals surface area (Å²) >= 11 is 14.0. The van der Waals surface area contributed by atoms with Gasteiger partial charge < -0.3 is 5.32 Å². The maximum atomic E-state index is 6.13. The number of nitrogens with one attached hydrogen (secondary N) is 1. The molecule has 0 radical (unpaired) electrons. The molecular formula is C17H19Cl2NS. The van der Waals surface area contributed by atoms with E-state index in [1.807, 2.05) is 30.0 Å². The highest BCUT2D eigenvalue weighted by atomic mass is 35.5. The molecule has 1 unspecified atom stereocenters. The minimum absolute atomic E-state index is 0.259. The second kappa shape index (κ2) is 8.09. The van der Waals surface area contributed by atoms with E-state index in [1.165, 1.54) is 16.0 Å². The van der Waals surface area contributed by atoms with Crippen LogP contribution < -0.4 is 5.32 Å². The molecule has 0 aromatic heterocycles. The zero-order valence-electron chi connectivity index (χ0n) is 12.2. The molecule has 0 spiro atoms. The number of rotatable bonds is 6. The fourth-order valence-corrected chi connectivity index (χ4v) is 3.57. The number of thioether (sulfide) groups is 1. The lowest BCUT2D eigenvalue weighted by Crippen LogP contribution is -2.23. The van der Waals surface area contributed by atoms with Crippen molar-refractivity contribution in [1.82, 2.24) is 5.32 Å². The van der Waals surface area contributed by atoms with Gasteiger partial charge >= 0.3 is 0 Å². The van der Waals surface area contributed by atoms with E-state index in [4.69, 9.17) is 23.2 Å². The maximum Gasteiger partial charge on any atom is 0.0595 e. The van der Waals surface area contributed by atoms with E-state index in [9.17, 15) is 0 Å². The second-order valence-electron chi connectivity index (χ2n) is 4.86. The number of aryl methyl sites for hydroxylation is 1. The molecule has 0 aliphatic rings. The summed E-state index contributed by atoms with van der Waals surface area (Å²) in [7, 11) is 0. The Bertz CT molecular complexity index is 601. The van der Waals surface area contributed by atoms with Gasteiger partial charge in [-0.2, -0.15) is 0 Å². The fourth-order valence-electron chi connectivity index (χ4n) is 2.14. The van der Waals surface area contributed by atoms with Crippen molar-refractivity contribution >= 4 is 35.0 Å². The normalized spacial score (nSPS) is 12.4. The van der Waals surface area contributed by atoms with Crippen LogP contribution in [0.3, 0.4) is 0 Å². The molecule has 0 heterocycles. The Hall–Kier alpha value is -0.670. The van der Waals surface area contributed by atoms with Gasteiger partial charge in [-0.05, 0) is 42.8 Å². The molecule has 0 bridgehead atoms. The van der Waals surface area contributed by atoms with E-state index >= 15 is 0 Å². The third-order valence-electron chi connectivity index (χ3n) is 3.30. The smallest absolute Gasteiger partial charge is 0.0595 e. The van der Waals surface area contributed by atoms with Crippen LogP contribution in [0.25, 0.3) is 0 Å². The van der Waals surface area contributed by atoms with E-state index < -0.39 is 0 Å². The molecule has 1 N–H and O–H groups in total. The number of hydrogen-bond donors (Lipinski definition) is 1. The minimum Gasteiger partial charge on any atom is -0.309 e. The highest BCUT2D eigenvalue weighted by molar-refractivity contribution is 7.99. The average molecular weight is 340 g/mol. The largest absolute Gasteiger partial charge is 0.309 e. The Balaban J connectivity index is 2.12. The molecule has 1 atom stereocenters. The summed E-state index contributed by atoms with van der Waals surface area (Å²) in [5.41, 5.74) is 2.49. The Morgan fingerprint density at radius 2 is 1.86 bits per heavy atom. The fraction of sp³-hybridized carbons (Fsp3) is 0.294. The Morgan fingerprint density at radius 1 is 1.10 bits per heavy atom.